The quantitative estimate of drug-likeness (QED) is 0.235. The molecule has 11 nitrogen and oxygen atoms in total. The van der Waals surface area contributed by atoms with Crippen molar-refractivity contribution in [1.29, 1.82) is 0 Å². The zero-order valence-electron chi connectivity index (χ0n) is 22.0. The molecule has 2 aromatic heterocycles. The Morgan fingerprint density at radius 1 is 0.976 bits per heavy atom. The van der Waals surface area contributed by atoms with Crippen LogP contribution in [0.25, 0.3) is 11.1 Å². The van der Waals surface area contributed by atoms with Crippen LogP contribution in [0.15, 0.2) is 73.2 Å². The van der Waals surface area contributed by atoms with Crippen molar-refractivity contribution >= 4 is 46.5 Å². The lowest BCUT2D eigenvalue weighted by atomic mass is 9.94. The van der Waals surface area contributed by atoms with E-state index in [1.807, 2.05) is 31.2 Å². The average Bonchev–Trinajstić information content (AvgIpc) is 3.38. The average molecular weight is 551 g/mol. The molecule has 3 amide bonds. The molecule has 0 radical (unpaired) electrons. The molecule has 1 fully saturated rings. The van der Waals surface area contributed by atoms with Crippen LogP contribution in [-0.2, 0) is 4.79 Å². The molecule has 1 atom stereocenters. The standard InChI is InChI=1S/C30H26N6O5/c1-17-24-13-27(32-16-25(24)23-8-7-22(12-26(23)41-17)36-9-3-6-28(36)37)33-20-11-21(15-31-14-20)34-29(38)18-4-2-5-19(10-18)35-30(39)40/h2,4-5,7-8,10-17,35H,3,6,9H2,1H3,(H,32,33)(H,34,38)(H,39,40). The smallest absolute Gasteiger partial charge is 0.409 e. The number of benzene rings is 2. The van der Waals surface area contributed by atoms with E-state index < -0.39 is 12.0 Å². The van der Waals surface area contributed by atoms with Crippen molar-refractivity contribution in [1.82, 2.24) is 9.97 Å². The Kier molecular flexibility index (Phi) is 6.68. The fourth-order valence-electron chi connectivity index (χ4n) is 5.06. The van der Waals surface area contributed by atoms with Gasteiger partial charge in [0.1, 0.15) is 17.7 Å². The highest BCUT2D eigenvalue weighted by molar-refractivity contribution is 6.05. The summed E-state index contributed by atoms with van der Waals surface area (Å²) < 4.78 is 6.24. The Morgan fingerprint density at radius 2 is 1.83 bits per heavy atom. The first kappa shape index (κ1) is 25.8. The highest BCUT2D eigenvalue weighted by Crippen LogP contribution is 2.44. The number of hydrogen-bond donors (Lipinski definition) is 4. The minimum Gasteiger partial charge on any atom is -0.485 e. The number of anilines is 5. The molecular weight excluding hydrogens is 524 g/mol. The summed E-state index contributed by atoms with van der Waals surface area (Å²) in [4.78, 5) is 46.5. The summed E-state index contributed by atoms with van der Waals surface area (Å²) in [6.45, 7) is 2.69. The summed E-state index contributed by atoms with van der Waals surface area (Å²) in [5.41, 5.74) is 5.33. The number of carbonyl (C=O) groups excluding carboxylic acids is 2. The van der Waals surface area contributed by atoms with E-state index in [2.05, 4.69) is 25.9 Å². The molecule has 206 valence electrons. The van der Waals surface area contributed by atoms with Crippen LogP contribution in [0.1, 0.15) is 41.8 Å². The minimum absolute atomic E-state index is 0.131. The van der Waals surface area contributed by atoms with Gasteiger partial charge in [0.25, 0.3) is 5.91 Å². The van der Waals surface area contributed by atoms with Crippen molar-refractivity contribution in [3.05, 3.63) is 84.3 Å². The van der Waals surface area contributed by atoms with E-state index in [4.69, 9.17) is 9.84 Å². The predicted octanol–water partition coefficient (Wildman–Crippen LogP) is 5.81. The third-order valence-electron chi connectivity index (χ3n) is 6.96. The lowest BCUT2D eigenvalue weighted by Crippen LogP contribution is -2.24. The second-order valence-corrected chi connectivity index (χ2v) is 9.80. The maximum absolute atomic E-state index is 12.8. The van der Waals surface area contributed by atoms with Gasteiger partial charge in [-0.2, -0.15) is 0 Å². The molecule has 0 aliphatic carbocycles. The number of nitrogens with one attached hydrogen (secondary N) is 3. The third-order valence-corrected chi connectivity index (χ3v) is 6.96. The summed E-state index contributed by atoms with van der Waals surface area (Å²) in [5.74, 6) is 1.03. The molecule has 11 heteroatoms. The molecule has 41 heavy (non-hydrogen) atoms. The van der Waals surface area contributed by atoms with Crippen molar-refractivity contribution in [2.45, 2.75) is 25.9 Å². The van der Waals surface area contributed by atoms with E-state index in [1.165, 1.54) is 12.3 Å². The largest absolute Gasteiger partial charge is 0.485 e. The van der Waals surface area contributed by atoms with E-state index in [0.29, 0.717) is 34.9 Å². The summed E-state index contributed by atoms with van der Waals surface area (Å²) >= 11 is 0. The van der Waals surface area contributed by atoms with Gasteiger partial charge in [0.2, 0.25) is 5.91 Å². The Labute approximate surface area is 235 Å². The fraction of sp³-hybridized carbons (Fsp3) is 0.167. The summed E-state index contributed by atoms with van der Waals surface area (Å²) in [7, 11) is 0. The van der Waals surface area contributed by atoms with E-state index in [-0.39, 0.29) is 12.0 Å². The van der Waals surface area contributed by atoms with Gasteiger partial charge < -0.3 is 25.4 Å². The van der Waals surface area contributed by atoms with Crippen LogP contribution in [0.5, 0.6) is 5.75 Å². The number of pyridine rings is 2. The first-order valence-corrected chi connectivity index (χ1v) is 13.1. The molecule has 1 saturated heterocycles. The highest BCUT2D eigenvalue weighted by Gasteiger charge is 2.27. The van der Waals surface area contributed by atoms with Gasteiger partial charge in [0, 0.05) is 58.9 Å². The summed E-state index contributed by atoms with van der Waals surface area (Å²) in [6, 6.07) is 15.7. The molecule has 6 rings (SSSR count). The van der Waals surface area contributed by atoms with Crippen LogP contribution < -0.4 is 25.6 Å². The monoisotopic (exact) mass is 550 g/mol. The van der Waals surface area contributed by atoms with Crippen molar-refractivity contribution in [3.8, 4) is 16.9 Å². The zero-order chi connectivity index (χ0) is 28.5. The van der Waals surface area contributed by atoms with Crippen LogP contribution in [0.4, 0.5) is 33.4 Å². The molecular formula is C30H26N6O5. The predicted molar refractivity (Wildman–Crippen MR) is 154 cm³/mol. The Hall–Kier alpha value is -5.45. The Balaban J connectivity index is 1.18. The molecule has 4 heterocycles. The number of amides is 3. The highest BCUT2D eigenvalue weighted by atomic mass is 16.5. The first-order valence-electron chi connectivity index (χ1n) is 13.1. The Bertz CT molecular complexity index is 1690. The lowest BCUT2D eigenvalue weighted by molar-refractivity contribution is -0.117. The zero-order valence-corrected chi connectivity index (χ0v) is 22.0. The van der Waals surface area contributed by atoms with Crippen molar-refractivity contribution in [3.63, 3.8) is 0 Å². The summed E-state index contributed by atoms with van der Waals surface area (Å²) in [6.07, 6.45) is 4.91. The molecule has 4 aromatic rings. The number of ether oxygens (including phenoxy) is 1. The molecule has 1 unspecified atom stereocenters. The number of hydrogen-bond acceptors (Lipinski definition) is 7. The number of carbonyl (C=O) groups is 3. The number of nitrogens with zero attached hydrogens (tertiary/aromatic N) is 3. The summed E-state index contributed by atoms with van der Waals surface area (Å²) in [5, 5.41) is 17.2. The second-order valence-electron chi connectivity index (χ2n) is 9.80. The van der Waals surface area contributed by atoms with Crippen molar-refractivity contribution < 1.29 is 24.2 Å². The van der Waals surface area contributed by atoms with Crippen LogP contribution in [0.3, 0.4) is 0 Å². The van der Waals surface area contributed by atoms with E-state index in [1.54, 1.807) is 41.6 Å². The van der Waals surface area contributed by atoms with Gasteiger partial charge in [-0.1, -0.05) is 6.07 Å². The van der Waals surface area contributed by atoms with Gasteiger partial charge in [-0.05, 0) is 55.8 Å². The molecule has 4 N–H and O–H groups in total. The second kappa shape index (κ2) is 10.6. The third kappa shape index (κ3) is 5.37. The molecule has 2 aliphatic rings. The number of aromatic nitrogens is 2. The molecule has 2 aliphatic heterocycles. The molecule has 0 spiro atoms. The van der Waals surface area contributed by atoms with Gasteiger partial charge in [0.05, 0.1) is 23.8 Å². The maximum Gasteiger partial charge on any atom is 0.409 e. The first-order chi connectivity index (χ1) is 19.8. The number of carboxylic acid groups (broad SMARTS) is 1. The van der Waals surface area contributed by atoms with Crippen LogP contribution in [-0.4, -0.2) is 39.5 Å². The van der Waals surface area contributed by atoms with Crippen LogP contribution >= 0.6 is 0 Å². The minimum atomic E-state index is -1.21. The van der Waals surface area contributed by atoms with E-state index in [0.717, 1.165) is 41.1 Å². The Morgan fingerprint density at radius 3 is 2.63 bits per heavy atom. The van der Waals surface area contributed by atoms with Gasteiger partial charge in [0.15, 0.2) is 0 Å². The van der Waals surface area contributed by atoms with Crippen molar-refractivity contribution in [2.75, 3.05) is 27.4 Å². The lowest BCUT2D eigenvalue weighted by Gasteiger charge is -2.28. The van der Waals surface area contributed by atoms with E-state index in [9.17, 15) is 14.4 Å². The van der Waals surface area contributed by atoms with E-state index >= 15 is 0 Å². The molecule has 0 saturated carbocycles. The van der Waals surface area contributed by atoms with Crippen molar-refractivity contribution in [2.24, 2.45) is 0 Å². The van der Waals surface area contributed by atoms with Crippen LogP contribution in [0, 0.1) is 0 Å². The van der Waals surface area contributed by atoms with Crippen LogP contribution in [0.2, 0.25) is 0 Å². The normalized spacial score (nSPS) is 15.4. The topological polar surface area (TPSA) is 146 Å². The van der Waals surface area contributed by atoms with Gasteiger partial charge in [-0.3, -0.25) is 19.9 Å². The number of fused-ring (bicyclic) bond motifs is 3. The van der Waals surface area contributed by atoms with Gasteiger partial charge in [-0.25, -0.2) is 9.78 Å². The number of rotatable bonds is 6. The van der Waals surface area contributed by atoms with Gasteiger partial charge in [-0.15, -0.1) is 0 Å². The SMILES string of the molecule is CC1Oc2cc(N3CCCC3=O)ccc2-c2cnc(Nc3cncc(NC(=O)c4cccc(NC(=O)O)c4)c3)cc21. The fourth-order valence-corrected chi connectivity index (χ4v) is 5.06. The van der Waals surface area contributed by atoms with Gasteiger partial charge >= 0.3 is 6.09 Å². The maximum atomic E-state index is 12.8. The molecule has 2 aromatic carbocycles. The molecule has 0 bridgehead atoms.